The highest BCUT2D eigenvalue weighted by molar-refractivity contribution is 6.80. The highest BCUT2D eigenvalue weighted by atomic mass is 28.5. The SMILES string of the molecule is CCCCC1CCCC2CCCC(C)O[Si](C)(O)O[Si](C)(O2)O[Si](C)(O[SiH2]C)O1. The Morgan fingerprint density at radius 3 is 2.34 bits per heavy atom. The minimum Gasteiger partial charge on any atom is -0.422 e. The third-order valence-corrected chi connectivity index (χ3v) is 17.0. The average Bonchev–Trinajstić information content (AvgIpc) is 2.56. The molecule has 0 spiro atoms. The zero-order valence-electron chi connectivity index (χ0n) is 19.2. The molecule has 0 aromatic heterocycles. The number of fused-ring (bicyclic) bond motifs is 2. The smallest absolute Gasteiger partial charge is 0.422 e. The van der Waals surface area contributed by atoms with Crippen molar-refractivity contribution >= 4 is 36.2 Å². The van der Waals surface area contributed by atoms with Gasteiger partial charge in [0.15, 0.2) is 0 Å². The van der Waals surface area contributed by atoms with Crippen LogP contribution in [-0.2, 0) is 25.6 Å². The first-order valence-corrected chi connectivity index (χ1v) is 20.1. The van der Waals surface area contributed by atoms with Gasteiger partial charge in [0.2, 0.25) is 0 Å². The van der Waals surface area contributed by atoms with Crippen LogP contribution >= 0.6 is 0 Å². The van der Waals surface area contributed by atoms with Gasteiger partial charge in [-0.1, -0.05) is 26.3 Å². The fourth-order valence-corrected chi connectivity index (χ4v) is 16.8. The van der Waals surface area contributed by atoms with Crippen molar-refractivity contribution < 1.29 is 30.4 Å². The zero-order valence-corrected chi connectivity index (χ0v) is 23.6. The third kappa shape index (κ3) is 8.92. The van der Waals surface area contributed by atoms with E-state index in [1.807, 2.05) is 20.0 Å². The van der Waals surface area contributed by atoms with E-state index in [2.05, 4.69) is 13.5 Å². The van der Waals surface area contributed by atoms with Crippen molar-refractivity contribution in [3.05, 3.63) is 0 Å². The maximum absolute atomic E-state index is 10.9. The highest BCUT2D eigenvalue weighted by Gasteiger charge is 2.54. The van der Waals surface area contributed by atoms with Crippen LogP contribution in [0.5, 0.6) is 0 Å². The van der Waals surface area contributed by atoms with Crippen LogP contribution < -0.4 is 0 Å². The second-order valence-corrected chi connectivity index (χ2v) is 18.0. The summed E-state index contributed by atoms with van der Waals surface area (Å²) in [6.07, 6.45) is 9.35. The Labute approximate surface area is 182 Å². The maximum atomic E-state index is 10.9. The van der Waals surface area contributed by atoms with Crippen LogP contribution in [0.3, 0.4) is 0 Å². The summed E-state index contributed by atoms with van der Waals surface area (Å²) in [5, 5.41) is 0. The van der Waals surface area contributed by atoms with Crippen molar-refractivity contribution in [2.45, 2.75) is 116 Å². The predicted molar refractivity (Wildman–Crippen MR) is 122 cm³/mol. The molecular formula is C18H42O7Si4. The van der Waals surface area contributed by atoms with Crippen LogP contribution in [0.25, 0.3) is 0 Å². The number of hydrogen-bond acceptors (Lipinski definition) is 7. The van der Waals surface area contributed by atoms with Gasteiger partial charge >= 0.3 is 26.4 Å². The first-order chi connectivity index (χ1) is 13.6. The molecule has 2 fully saturated rings. The molecule has 0 saturated carbocycles. The number of hydrogen-bond donors (Lipinski definition) is 1. The van der Waals surface area contributed by atoms with Crippen LogP contribution in [0.4, 0.5) is 0 Å². The van der Waals surface area contributed by atoms with E-state index in [1.54, 1.807) is 6.55 Å². The Kier molecular flexibility index (Phi) is 10.2. The van der Waals surface area contributed by atoms with Gasteiger partial charge in [0.25, 0.3) is 0 Å². The monoisotopic (exact) mass is 482 g/mol. The summed E-state index contributed by atoms with van der Waals surface area (Å²) in [5.74, 6) is 0. The second-order valence-electron chi connectivity index (χ2n) is 8.67. The fraction of sp³-hybridized carbons (Fsp3) is 1.00. The summed E-state index contributed by atoms with van der Waals surface area (Å²) in [4.78, 5) is 10.9. The molecule has 29 heavy (non-hydrogen) atoms. The van der Waals surface area contributed by atoms with Crippen molar-refractivity contribution in [2.75, 3.05) is 0 Å². The average molecular weight is 483 g/mol. The summed E-state index contributed by atoms with van der Waals surface area (Å²) in [7, 11) is -10.3. The van der Waals surface area contributed by atoms with Gasteiger partial charge in [0.1, 0.15) is 9.76 Å². The van der Waals surface area contributed by atoms with Crippen molar-refractivity contribution in [1.82, 2.24) is 0 Å². The largest absolute Gasteiger partial charge is 0.487 e. The van der Waals surface area contributed by atoms with Crippen LogP contribution in [0.2, 0.25) is 26.2 Å². The molecule has 7 nitrogen and oxygen atoms in total. The quantitative estimate of drug-likeness (QED) is 0.600. The van der Waals surface area contributed by atoms with Crippen LogP contribution in [0, 0.1) is 0 Å². The van der Waals surface area contributed by atoms with Crippen LogP contribution in [0.1, 0.15) is 71.6 Å². The van der Waals surface area contributed by atoms with Gasteiger partial charge < -0.3 is 30.4 Å². The Bertz CT molecular complexity index is 501. The lowest BCUT2D eigenvalue weighted by Gasteiger charge is -2.42. The molecular weight excluding hydrogens is 441 g/mol. The summed E-state index contributed by atoms with van der Waals surface area (Å²) in [6.45, 7) is 11.8. The molecule has 0 aromatic carbocycles. The Balaban J connectivity index is 2.31. The van der Waals surface area contributed by atoms with E-state index >= 15 is 0 Å². The second kappa shape index (κ2) is 11.5. The molecule has 2 saturated heterocycles. The van der Waals surface area contributed by atoms with Crippen LogP contribution in [0.15, 0.2) is 0 Å². The molecule has 1 N–H and O–H groups in total. The van der Waals surface area contributed by atoms with Gasteiger partial charge in [-0.05, 0) is 51.9 Å². The molecule has 2 aliphatic heterocycles. The molecule has 0 aromatic rings. The Morgan fingerprint density at radius 2 is 1.69 bits per heavy atom. The Morgan fingerprint density at radius 1 is 1.00 bits per heavy atom. The normalized spacial score (nSPS) is 43.3. The lowest BCUT2D eigenvalue weighted by Crippen LogP contribution is -2.63. The van der Waals surface area contributed by atoms with E-state index in [0.717, 1.165) is 57.8 Å². The van der Waals surface area contributed by atoms with Crippen molar-refractivity contribution in [2.24, 2.45) is 0 Å². The van der Waals surface area contributed by atoms with E-state index in [1.165, 1.54) is 0 Å². The van der Waals surface area contributed by atoms with Gasteiger partial charge in [-0.25, -0.2) is 0 Å². The number of unbranched alkanes of at least 4 members (excludes halogenated alkanes) is 1. The molecule has 0 aliphatic carbocycles. The molecule has 6 atom stereocenters. The Hall–Kier alpha value is 0.588. The van der Waals surface area contributed by atoms with E-state index in [9.17, 15) is 4.80 Å². The number of rotatable bonds is 5. The van der Waals surface area contributed by atoms with Gasteiger partial charge in [-0.2, -0.15) is 0 Å². The van der Waals surface area contributed by atoms with Crippen LogP contribution in [-0.4, -0.2) is 59.3 Å². The maximum Gasteiger partial charge on any atom is 0.487 e. The molecule has 2 aliphatic rings. The minimum atomic E-state index is -3.40. The van der Waals surface area contributed by atoms with E-state index in [4.69, 9.17) is 25.6 Å². The van der Waals surface area contributed by atoms with Crippen molar-refractivity contribution in [1.29, 1.82) is 0 Å². The van der Waals surface area contributed by atoms with E-state index < -0.39 is 36.2 Å². The van der Waals surface area contributed by atoms with Crippen molar-refractivity contribution in [3.63, 3.8) is 0 Å². The molecule has 11 heteroatoms. The molecule has 6 unspecified atom stereocenters. The van der Waals surface area contributed by atoms with E-state index in [0.29, 0.717) is 0 Å². The van der Waals surface area contributed by atoms with Gasteiger partial charge in [-0.15, -0.1) is 0 Å². The summed E-state index contributed by atoms with van der Waals surface area (Å²) < 4.78 is 37.8. The summed E-state index contributed by atoms with van der Waals surface area (Å²) in [5.41, 5.74) is 0. The lowest BCUT2D eigenvalue weighted by molar-refractivity contribution is 0.00283. The molecule has 2 heterocycles. The molecule has 2 rings (SSSR count). The first kappa shape index (κ1) is 25.8. The molecule has 0 radical (unpaired) electrons. The van der Waals surface area contributed by atoms with Crippen molar-refractivity contribution in [3.8, 4) is 0 Å². The summed E-state index contributed by atoms with van der Waals surface area (Å²) >= 11 is 0. The van der Waals surface area contributed by atoms with E-state index in [-0.39, 0.29) is 18.3 Å². The van der Waals surface area contributed by atoms with Gasteiger partial charge in [0, 0.05) is 38.0 Å². The highest BCUT2D eigenvalue weighted by Crippen LogP contribution is 2.32. The lowest BCUT2D eigenvalue weighted by atomic mass is 10.0. The standard InChI is InChI=1S/C18H42O7Si4/c1-7-8-12-17-14-10-15-18-13-9-11-16(2)20-27(4,19)24-29(6,22-18)25-28(5,21-17)23-26-3/h16-19H,7-15,26H2,1-6H3. The third-order valence-electron chi connectivity index (χ3n) is 5.40. The molecule has 2 bridgehead atoms. The van der Waals surface area contributed by atoms with Gasteiger partial charge in [0.05, 0.1) is 0 Å². The predicted octanol–water partition coefficient (Wildman–Crippen LogP) is 3.60. The summed E-state index contributed by atoms with van der Waals surface area (Å²) in [6, 6.07) is 0. The first-order valence-electron chi connectivity index (χ1n) is 11.4. The van der Waals surface area contributed by atoms with Gasteiger partial charge in [-0.3, -0.25) is 0 Å². The molecule has 0 amide bonds. The molecule has 172 valence electrons. The minimum absolute atomic E-state index is 0.0424. The zero-order chi connectivity index (χ0) is 21.5. The topological polar surface area (TPSA) is 75.6 Å². The fourth-order valence-electron chi connectivity index (χ4n) is 4.32.